The molecule has 0 saturated carbocycles. The van der Waals surface area contributed by atoms with Crippen LogP contribution in [-0.4, -0.2) is 20.1 Å². The SMILES string of the molecule is CCC1(CC)CCN(c2ccc(CNC)cc2C)CC1. The highest BCUT2D eigenvalue weighted by Gasteiger charge is 2.31. The molecule has 20 heavy (non-hydrogen) atoms. The smallest absolute Gasteiger partial charge is 0.0396 e. The first-order valence-corrected chi connectivity index (χ1v) is 8.13. The van der Waals surface area contributed by atoms with Crippen LogP contribution >= 0.6 is 0 Å². The van der Waals surface area contributed by atoms with E-state index in [1.807, 2.05) is 7.05 Å². The molecule has 1 saturated heterocycles. The number of anilines is 1. The highest BCUT2D eigenvalue weighted by Crippen LogP contribution is 2.39. The van der Waals surface area contributed by atoms with Crippen LogP contribution in [0.25, 0.3) is 0 Å². The first-order chi connectivity index (χ1) is 9.64. The number of hydrogen-bond donors (Lipinski definition) is 1. The Morgan fingerprint density at radius 2 is 1.80 bits per heavy atom. The fourth-order valence-electron chi connectivity index (χ4n) is 3.57. The van der Waals surface area contributed by atoms with Gasteiger partial charge in [-0.2, -0.15) is 0 Å². The first kappa shape index (κ1) is 15.4. The maximum atomic E-state index is 3.22. The van der Waals surface area contributed by atoms with E-state index in [0.717, 1.165) is 6.54 Å². The van der Waals surface area contributed by atoms with E-state index in [1.54, 1.807) is 0 Å². The van der Waals surface area contributed by atoms with Crippen molar-refractivity contribution in [2.45, 2.75) is 53.0 Å². The van der Waals surface area contributed by atoms with Gasteiger partial charge >= 0.3 is 0 Å². The average molecular weight is 274 g/mol. The summed E-state index contributed by atoms with van der Waals surface area (Å²) >= 11 is 0. The van der Waals surface area contributed by atoms with Gasteiger partial charge in [0, 0.05) is 25.3 Å². The molecular weight excluding hydrogens is 244 g/mol. The zero-order chi connectivity index (χ0) is 14.6. The fraction of sp³-hybridized carbons (Fsp3) is 0.667. The molecule has 2 rings (SSSR count). The summed E-state index contributed by atoms with van der Waals surface area (Å²) in [6.07, 6.45) is 5.35. The molecule has 1 aliphatic rings. The lowest BCUT2D eigenvalue weighted by atomic mass is 9.74. The molecule has 1 N–H and O–H groups in total. The maximum Gasteiger partial charge on any atom is 0.0396 e. The Kier molecular flexibility index (Phi) is 5.09. The lowest BCUT2D eigenvalue weighted by molar-refractivity contribution is 0.199. The van der Waals surface area contributed by atoms with Gasteiger partial charge in [0.2, 0.25) is 0 Å². The van der Waals surface area contributed by atoms with Crippen molar-refractivity contribution in [3.8, 4) is 0 Å². The number of rotatable bonds is 5. The summed E-state index contributed by atoms with van der Waals surface area (Å²) in [5.41, 5.74) is 4.84. The van der Waals surface area contributed by atoms with Crippen molar-refractivity contribution in [3.05, 3.63) is 29.3 Å². The van der Waals surface area contributed by atoms with Gasteiger partial charge in [-0.3, -0.25) is 0 Å². The lowest BCUT2D eigenvalue weighted by Gasteiger charge is -2.42. The number of benzene rings is 1. The summed E-state index contributed by atoms with van der Waals surface area (Å²) in [6.45, 7) is 10.3. The monoisotopic (exact) mass is 274 g/mol. The number of nitrogens with zero attached hydrogens (tertiary/aromatic N) is 1. The van der Waals surface area contributed by atoms with Gasteiger partial charge in [0.25, 0.3) is 0 Å². The largest absolute Gasteiger partial charge is 0.371 e. The van der Waals surface area contributed by atoms with Crippen LogP contribution in [0, 0.1) is 12.3 Å². The topological polar surface area (TPSA) is 15.3 Å². The predicted molar refractivity (Wildman–Crippen MR) is 88.4 cm³/mol. The summed E-state index contributed by atoms with van der Waals surface area (Å²) in [5, 5.41) is 3.22. The first-order valence-electron chi connectivity index (χ1n) is 8.13. The Morgan fingerprint density at radius 3 is 2.30 bits per heavy atom. The van der Waals surface area contributed by atoms with Crippen LogP contribution in [-0.2, 0) is 6.54 Å². The van der Waals surface area contributed by atoms with Crippen molar-refractivity contribution >= 4 is 5.69 Å². The normalized spacial score (nSPS) is 18.3. The third kappa shape index (κ3) is 3.17. The van der Waals surface area contributed by atoms with Crippen LogP contribution < -0.4 is 10.2 Å². The second kappa shape index (κ2) is 6.62. The quantitative estimate of drug-likeness (QED) is 0.869. The van der Waals surface area contributed by atoms with Crippen LogP contribution in [0.3, 0.4) is 0 Å². The molecule has 0 bridgehead atoms. The molecule has 1 aromatic rings. The molecule has 2 nitrogen and oxygen atoms in total. The van der Waals surface area contributed by atoms with E-state index < -0.39 is 0 Å². The zero-order valence-corrected chi connectivity index (χ0v) is 13.6. The van der Waals surface area contributed by atoms with E-state index >= 15 is 0 Å². The van der Waals surface area contributed by atoms with Crippen molar-refractivity contribution in [2.75, 3.05) is 25.0 Å². The van der Waals surface area contributed by atoms with Crippen molar-refractivity contribution in [1.29, 1.82) is 0 Å². The van der Waals surface area contributed by atoms with Gasteiger partial charge in [-0.25, -0.2) is 0 Å². The molecule has 1 heterocycles. The molecule has 0 radical (unpaired) electrons. The Balaban J connectivity index is 2.07. The lowest BCUT2D eigenvalue weighted by Crippen LogP contribution is -2.39. The maximum absolute atomic E-state index is 3.22. The van der Waals surface area contributed by atoms with E-state index in [-0.39, 0.29) is 0 Å². The van der Waals surface area contributed by atoms with Crippen LogP contribution in [0.1, 0.15) is 50.7 Å². The molecule has 0 aliphatic carbocycles. The van der Waals surface area contributed by atoms with E-state index in [9.17, 15) is 0 Å². The van der Waals surface area contributed by atoms with Crippen LogP contribution in [0.15, 0.2) is 18.2 Å². The van der Waals surface area contributed by atoms with Crippen molar-refractivity contribution in [2.24, 2.45) is 5.41 Å². The van der Waals surface area contributed by atoms with Gasteiger partial charge < -0.3 is 10.2 Å². The molecule has 112 valence electrons. The summed E-state index contributed by atoms with van der Waals surface area (Å²) < 4.78 is 0. The number of nitrogens with one attached hydrogen (secondary N) is 1. The Hall–Kier alpha value is -1.02. The van der Waals surface area contributed by atoms with Crippen LogP contribution in [0.5, 0.6) is 0 Å². The van der Waals surface area contributed by atoms with Gasteiger partial charge in [-0.15, -0.1) is 0 Å². The molecule has 0 aromatic heterocycles. The summed E-state index contributed by atoms with van der Waals surface area (Å²) in [7, 11) is 2.00. The Morgan fingerprint density at radius 1 is 1.15 bits per heavy atom. The predicted octanol–water partition coefficient (Wildman–Crippen LogP) is 4.12. The molecule has 1 aromatic carbocycles. The summed E-state index contributed by atoms with van der Waals surface area (Å²) in [6, 6.07) is 6.90. The Bertz CT molecular complexity index is 425. The molecule has 0 atom stereocenters. The summed E-state index contributed by atoms with van der Waals surface area (Å²) in [5.74, 6) is 0. The second-order valence-corrected chi connectivity index (χ2v) is 6.35. The molecule has 1 fully saturated rings. The highest BCUT2D eigenvalue weighted by atomic mass is 15.1. The molecule has 2 heteroatoms. The van der Waals surface area contributed by atoms with Crippen LogP contribution in [0.2, 0.25) is 0 Å². The van der Waals surface area contributed by atoms with Gasteiger partial charge in [-0.1, -0.05) is 38.8 Å². The molecular formula is C18H30N2. The highest BCUT2D eigenvalue weighted by molar-refractivity contribution is 5.54. The third-order valence-corrected chi connectivity index (χ3v) is 5.31. The minimum absolute atomic E-state index is 0.608. The minimum Gasteiger partial charge on any atom is -0.371 e. The standard InChI is InChI=1S/C18H30N2/c1-5-18(6-2)9-11-20(12-10-18)17-8-7-16(14-19-4)13-15(17)3/h7-8,13,19H,5-6,9-12,14H2,1-4H3. The van der Waals surface area contributed by atoms with Gasteiger partial charge in [-0.05, 0) is 49.4 Å². The third-order valence-electron chi connectivity index (χ3n) is 5.31. The minimum atomic E-state index is 0.608. The number of piperidine rings is 1. The van der Waals surface area contributed by atoms with Crippen molar-refractivity contribution in [3.63, 3.8) is 0 Å². The zero-order valence-electron chi connectivity index (χ0n) is 13.6. The number of aryl methyl sites for hydroxylation is 1. The summed E-state index contributed by atoms with van der Waals surface area (Å²) in [4.78, 5) is 2.59. The van der Waals surface area contributed by atoms with E-state index in [2.05, 4.69) is 49.2 Å². The Labute approximate surface area is 124 Å². The molecule has 0 unspecified atom stereocenters. The molecule has 1 aliphatic heterocycles. The van der Waals surface area contributed by atoms with E-state index in [1.165, 1.54) is 55.6 Å². The van der Waals surface area contributed by atoms with Gasteiger partial charge in [0.1, 0.15) is 0 Å². The second-order valence-electron chi connectivity index (χ2n) is 6.35. The fourth-order valence-corrected chi connectivity index (χ4v) is 3.57. The molecule has 0 spiro atoms. The van der Waals surface area contributed by atoms with Crippen LogP contribution in [0.4, 0.5) is 5.69 Å². The average Bonchev–Trinajstić information content (AvgIpc) is 2.48. The number of hydrogen-bond acceptors (Lipinski definition) is 2. The van der Waals surface area contributed by atoms with Crippen molar-refractivity contribution < 1.29 is 0 Å². The van der Waals surface area contributed by atoms with Gasteiger partial charge in [0.15, 0.2) is 0 Å². The van der Waals surface area contributed by atoms with Crippen molar-refractivity contribution in [1.82, 2.24) is 5.32 Å². The van der Waals surface area contributed by atoms with E-state index in [0.29, 0.717) is 5.41 Å². The van der Waals surface area contributed by atoms with E-state index in [4.69, 9.17) is 0 Å². The molecule has 0 amide bonds. The van der Waals surface area contributed by atoms with Gasteiger partial charge in [0.05, 0.1) is 0 Å².